The van der Waals surface area contributed by atoms with E-state index in [-0.39, 0.29) is 0 Å². The molecule has 0 saturated heterocycles. The summed E-state index contributed by atoms with van der Waals surface area (Å²) in [5.74, 6) is -0.0115. The normalized spacial score (nSPS) is 10.6. The molecule has 0 aliphatic rings. The largest absolute Gasteiger partial charge is 0.365 e. The lowest BCUT2D eigenvalue weighted by atomic mass is 10.2. The number of aromatic amines is 1. The number of nitrogens with two attached hydrogens (primary N) is 1. The summed E-state index contributed by atoms with van der Waals surface area (Å²) >= 11 is 0. The van der Waals surface area contributed by atoms with Crippen LogP contribution in [0.15, 0.2) is 42.9 Å². The van der Waals surface area contributed by atoms with Crippen molar-refractivity contribution in [1.82, 2.24) is 15.0 Å². The number of nitrogens with zero attached hydrogens (tertiary/aromatic N) is 2. The highest BCUT2D eigenvalue weighted by Crippen LogP contribution is 2.17. The Balaban J connectivity index is 1.87. The van der Waals surface area contributed by atoms with Crippen molar-refractivity contribution in [3.05, 3.63) is 54.0 Å². The van der Waals surface area contributed by atoms with Crippen LogP contribution in [-0.2, 0) is 6.54 Å². The molecule has 0 spiro atoms. The van der Waals surface area contributed by atoms with Gasteiger partial charge in [-0.3, -0.25) is 4.79 Å². The quantitative estimate of drug-likeness (QED) is 0.669. The molecular formula is C14H13N5O. The van der Waals surface area contributed by atoms with E-state index in [2.05, 4.69) is 20.3 Å². The van der Waals surface area contributed by atoms with E-state index in [9.17, 15) is 4.79 Å². The van der Waals surface area contributed by atoms with Gasteiger partial charge in [-0.1, -0.05) is 0 Å². The van der Waals surface area contributed by atoms with E-state index in [4.69, 9.17) is 5.73 Å². The maximum atomic E-state index is 11.3. The van der Waals surface area contributed by atoms with Crippen LogP contribution in [0.5, 0.6) is 0 Å². The van der Waals surface area contributed by atoms with Gasteiger partial charge in [0.2, 0.25) is 0 Å². The zero-order valence-corrected chi connectivity index (χ0v) is 10.6. The van der Waals surface area contributed by atoms with Crippen molar-refractivity contribution in [2.75, 3.05) is 5.32 Å². The fourth-order valence-electron chi connectivity index (χ4n) is 2.10. The molecule has 0 bridgehead atoms. The van der Waals surface area contributed by atoms with Crippen molar-refractivity contribution < 1.29 is 4.79 Å². The van der Waals surface area contributed by atoms with Gasteiger partial charge in [0, 0.05) is 30.5 Å². The van der Waals surface area contributed by atoms with E-state index in [1.165, 1.54) is 0 Å². The second kappa shape index (κ2) is 5.00. The molecule has 0 radical (unpaired) electrons. The van der Waals surface area contributed by atoms with Crippen molar-refractivity contribution in [3.63, 3.8) is 0 Å². The number of primary amides is 1. The standard InChI is InChI=1S/C14H13N5O/c15-12(20)11-2-1-5-16-14(11)19-8-9-3-6-17-13-10(9)4-7-18-13/h1-7H,8H2,(H2,15,20)(H,16,19)(H,17,18). The third kappa shape index (κ3) is 2.18. The summed E-state index contributed by atoms with van der Waals surface area (Å²) in [5, 5.41) is 4.18. The maximum Gasteiger partial charge on any atom is 0.252 e. The molecule has 3 rings (SSSR count). The van der Waals surface area contributed by atoms with Gasteiger partial charge in [-0.05, 0) is 29.8 Å². The van der Waals surface area contributed by atoms with Crippen LogP contribution in [0.3, 0.4) is 0 Å². The lowest BCUT2D eigenvalue weighted by Gasteiger charge is -2.09. The molecule has 20 heavy (non-hydrogen) atoms. The first-order valence-electron chi connectivity index (χ1n) is 6.15. The first kappa shape index (κ1) is 12.2. The van der Waals surface area contributed by atoms with Gasteiger partial charge in [-0.25, -0.2) is 9.97 Å². The fraction of sp³-hybridized carbons (Fsp3) is 0.0714. The summed E-state index contributed by atoms with van der Waals surface area (Å²) in [4.78, 5) is 22.8. The third-order valence-electron chi connectivity index (χ3n) is 3.07. The van der Waals surface area contributed by atoms with E-state index in [1.54, 1.807) is 24.5 Å². The van der Waals surface area contributed by atoms with Gasteiger partial charge >= 0.3 is 0 Å². The predicted octanol–water partition coefficient (Wildman–Crippen LogP) is 1.67. The molecule has 4 N–H and O–H groups in total. The third-order valence-corrected chi connectivity index (χ3v) is 3.07. The van der Waals surface area contributed by atoms with Crippen LogP contribution < -0.4 is 11.1 Å². The Bertz CT molecular complexity index is 765. The SMILES string of the molecule is NC(=O)c1cccnc1NCc1ccnc2[nH]ccc12. The van der Waals surface area contributed by atoms with E-state index in [0.29, 0.717) is 17.9 Å². The Labute approximate surface area is 115 Å². The lowest BCUT2D eigenvalue weighted by molar-refractivity contribution is 0.100. The molecule has 100 valence electrons. The number of rotatable bonds is 4. The summed E-state index contributed by atoms with van der Waals surface area (Å²) in [6.45, 7) is 0.536. The van der Waals surface area contributed by atoms with Gasteiger partial charge < -0.3 is 16.0 Å². The molecule has 3 aromatic heterocycles. The Morgan fingerprint density at radius 1 is 1.25 bits per heavy atom. The maximum absolute atomic E-state index is 11.3. The molecule has 0 unspecified atom stereocenters. The van der Waals surface area contributed by atoms with E-state index >= 15 is 0 Å². The van der Waals surface area contributed by atoms with Gasteiger partial charge in [0.05, 0.1) is 5.56 Å². The molecule has 6 nitrogen and oxygen atoms in total. The topological polar surface area (TPSA) is 96.7 Å². The average Bonchev–Trinajstić information content (AvgIpc) is 2.94. The summed E-state index contributed by atoms with van der Waals surface area (Å²) in [7, 11) is 0. The Kier molecular flexibility index (Phi) is 3.04. The van der Waals surface area contributed by atoms with E-state index in [1.807, 2.05) is 18.3 Å². The van der Waals surface area contributed by atoms with Crippen LogP contribution >= 0.6 is 0 Å². The van der Waals surface area contributed by atoms with Gasteiger partial charge in [0.15, 0.2) is 0 Å². The minimum Gasteiger partial charge on any atom is -0.365 e. The van der Waals surface area contributed by atoms with Crippen LogP contribution in [0.2, 0.25) is 0 Å². The number of carbonyl (C=O) groups excluding carboxylic acids is 1. The number of pyridine rings is 2. The van der Waals surface area contributed by atoms with Crippen LogP contribution in [-0.4, -0.2) is 20.9 Å². The van der Waals surface area contributed by atoms with Gasteiger partial charge in [-0.15, -0.1) is 0 Å². The zero-order chi connectivity index (χ0) is 13.9. The van der Waals surface area contributed by atoms with Crippen molar-refractivity contribution in [3.8, 4) is 0 Å². The first-order valence-corrected chi connectivity index (χ1v) is 6.15. The monoisotopic (exact) mass is 267 g/mol. The van der Waals surface area contributed by atoms with Crippen LogP contribution in [0, 0.1) is 0 Å². The highest BCUT2D eigenvalue weighted by Gasteiger charge is 2.09. The molecule has 1 amide bonds. The predicted molar refractivity (Wildman–Crippen MR) is 76.2 cm³/mol. The van der Waals surface area contributed by atoms with Crippen molar-refractivity contribution >= 4 is 22.8 Å². The molecule has 6 heteroatoms. The number of aromatic nitrogens is 3. The number of carbonyl (C=O) groups is 1. The van der Waals surface area contributed by atoms with Gasteiger partial charge in [-0.2, -0.15) is 0 Å². The molecule has 3 aromatic rings. The fourth-order valence-corrected chi connectivity index (χ4v) is 2.10. The molecule has 3 heterocycles. The number of hydrogen-bond donors (Lipinski definition) is 3. The highest BCUT2D eigenvalue weighted by molar-refractivity contribution is 5.97. The van der Waals surface area contributed by atoms with E-state index < -0.39 is 5.91 Å². The summed E-state index contributed by atoms with van der Waals surface area (Å²) < 4.78 is 0. The highest BCUT2D eigenvalue weighted by atomic mass is 16.1. The summed E-state index contributed by atoms with van der Waals surface area (Å²) in [5.41, 5.74) is 7.61. The number of H-pyrrole nitrogens is 1. The number of hydrogen-bond acceptors (Lipinski definition) is 4. The summed E-state index contributed by atoms with van der Waals surface area (Å²) in [6, 6.07) is 7.22. The zero-order valence-electron chi connectivity index (χ0n) is 10.6. The minimum atomic E-state index is -0.498. The number of anilines is 1. The van der Waals surface area contributed by atoms with Crippen molar-refractivity contribution in [1.29, 1.82) is 0 Å². The molecular weight excluding hydrogens is 254 g/mol. The van der Waals surface area contributed by atoms with Crippen LogP contribution in [0.25, 0.3) is 11.0 Å². The van der Waals surface area contributed by atoms with Crippen LogP contribution in [0.4, 0.5) is 5.82 Å². The number of fused-ring (bicyclic) bond motifs is 1. The van der Waals surface area contributed by atoms with Gasteiger partial charge in [0.25, 0.3) is 5.91 Å². The molecule has 0 aromatic carbocycles. The molecule has 0 aliphatic carbocycles. The molecule has 0 atom stereocenters. The Hall–Kier alpha value is -2.89. The van der Waals surface area contributed by atoms with Crippen LogP contribution in [0.1, 0.15) is 15.9 Å². The van der Waals surface area contributed by atoms with E-state index in [0.717, 1.165) is 16.6 Å². The molecule has 0 fully saturated rings. The molecule has 0 saturated carbocycles. The van der Waals surface area contributed by atoms with Crippen molar-refractivity contribution in [2.24, 2.45) is 5.73 Å². The second-order valence-electron chi connectivity index (χ2n) is 4.33. The first-order chi connectivity index (χ1) is 9.75. The Morgan fingerprint density at radius 2 is 2.15 bits per heavy atom. The minimum absolute atomic E-state index is 0.381. The summed E-state index contributed by atoms with van der Waals surface area (Å²) in [6.07, 6.45) is 5.20. The van der Waals surface area contributed by atoms with Crippen molar-refractivity contribution in [2.45, 2.75) is 6.54 Å². The number of nitrogens with one attached hydrogen (secondary N) is 2. The number of amides is 1. The Morgan fingerprint density at radius 3 is 3.00 bits per heavy atom. The smallest absolute Gasteiger partial charge is 0.252 e. The molecule has 0 aliphatic heterocycles. The average molecular weight is 267 g/mol. The van der Waals surface area contributed by atoms with Gasteiger partial charge in [0.1, 0.15) is 11.5 Å². The lowest BCUT2D eigenvalue weighted by Crippen LogP contribution is -2.15. The second-order valence-corrected chi connectivity index (χ2v) is 4.33.